The second kappa shape index (κ2) is 11.8. The number of allylic oxidation sites excluding steroid dienone is 1. The molecule has 0 bridgehead atoms. The second-order valence-electron chi connectivity index (χ2n) is 8.96. The van der Waals surface area contributed by atoms with Crippen molar-refractivity contribution in [3.05, 3.63) is 59.5 Å². The van der Waals surface area contributed by atoms with E-state index in [0.717, 1.165) is 36.0 Å². The lowest BCUT2D eigenvalue weighted by Gasteiger charge is -2.10. The van der Waals surface area contributed by atoms with Crippen LogP contribution in [0.15, 0.2) is 48.4 Å². The highest BCUT2D eigenvalue weighted by Gasteiger charge is 2.28. The molecule has 1 aliphatic rings. The fourth-order valence-corrected chi connectivity index (χ4v) is 4.16. The highest BCUT2D eigenvalue weighted by atomic mass is 16.6. The molecule has 1 aromatic heterocycles. The van der Waals surface area contributed by atoms with Gasteiger partial charge in [0, 0.05) is 35.3 Å². The number of nitrogens with one attached hydrogen (secondary N) is 1. The highest BCUT2D eigenvalue weighted by Crippen LogP contribution is 2.36. The zero-order valence-corrected chi connectivity index (χ0v) is 21.9. The maximum atomic E-state index is 13.1. The number of carbonyl (C=O) groups is 3. The number of hydrogen-bond acceptors (Lipinski definition) is 8. The van der Waals surface area contributed by atoms with Crippen molar-refractivity contribution in [2.75, 3.05) is 40.9 Å². The lowest BCUT2D eigenvalue weighted by atomic mass is 10.1. The molecule has 0 spiro atoms. The zero-order chi connectivity index (χ0) is 27.2. The van der Waals surface area contributed by atoms with E-state index in [4.69, 9.17) is 18.9 Å². The smallest absolute Gasteiger partial charge is 0.413 e. The quantitative estimate of drug-likeness (QED) is 0.317. The van der Waals surface area contributed by atoms with Gasteiger partial charge in [-0.3, -0.25) is 9.59 Å². The molecule has 0 radical (unpaired) electrons. The van der Waals surface area contributed by atoms with Gasteiger partial charge in [-0.2, -0.15) is 0 Å². The van der Waals surface area contributed by atoms with Crippen LogP contribution in [0.1, 0.15) is 29.3 Å². The van der Waals surface area contributed by atoms with E-state index < -0.39 is 12.1 Å². The van der Waals surface area contributed by atoms with Crippen LogP contribution in [-0.2, 0) is 16.1 Å². The summed E-state index contributed by atoms with van der Waals surface area (Å²) in [5, 5.41) is 3.25. The predicted molar refractivity (Wildman–Crippen MR) is 142 cm³/mol. The van der Waals surface area contributed by atoms with Crippen molar-refractivity contribution in [2.45, 2.75) is 19.9 Å². The molecule has 10 heteroatoms. The third-order valence-electron chi connectivity index (χ3n) is 5.94. The highest BCUT2D eigenvalue weighted by molar-refractivity contribution is 6.15. The summed E-state index contributed by atoms with van der Waals surface area (Å²) < 4.78 is 23.4. The number of esters is 1. The van der Waals surface area contributed by atoms with E-state index in [1.54, 1.807) is 26.2 Å². The van der Waals surface area contributed by atoms with Crippen molar-refractivity contribution in [2.24, 2.45) is 0 Å². The third-order valence-corrected chi connectivity index (χ3v) is 5.94. The standard InChI is InChI=1S/C28H31N3O7/c1-5-36-26(32)16-29-28(34)37-20-7-9-21-24(15-20)38-25(27(21)33)13-18-17-31(12-6-11-30(2)3)23-10-8-19(35-4)14-22(18)23/h7-10,13-15,17H,5-6,11-12,16H2,1-4H3,(H,29,34). The molecule has 0 atom stereocenters. The van der Waals surface area contributed by atoms with E-state index in [0.29, 0.717) is 11.3 Å². The van der Waals surface area contributed by atoms with Crippen molar-refractivity contribution in [1.29, 1.82) is 0 Å². The van der Waals surface area contributed by atoms with Crippen LogP contribution in [0, 0.1) is 0 Å². The van der Waals surface area contributed by atoms with Crippen molar-refractivity contribution in [3.63, 3.8) is 0 Å². The first kappa shape index (κ1) is 26.7. The van der Waals surface area contributed by atoms with Gasteiger partial charge >= 0.3 is 12.1 Å². The Labute approximate surface area is 220 Å². The van der Waals surface area contributed by atoms with E-state index >= 15 is 0 Å². The van der Waals surface area contributed by atoms with E-state index in [9.17, 15) is 14.4 Å². The molecule has 38 heavy (non-hydrogen) atoms. The largest absolute Gasteiger partial charge is 0.497 e. The van der Waals surface area contributed by atoms with Crippen molar-refractivity contribution >= 4 is 34.8 Å². The monoisotopic (exact) mass is 521 g/mol. The predicted octanol–water partition coefficient (Wildman–Crippen LogP) is 3.87. The van der Waals surface area contributed by atoms with Crippen molar-refractivity contribution in [3.8, 4) is 17.2 Å². The molecule has 1 N–H and O–H groups in total. The first-order valence-electron chi connectivity index (χ1n) is 12.3. The van der Waals surface area contributed by atoms with Gasteiger partial charge < -0.3 is 33.7 Å². The Hall–Kier alpha value is -4.31. The van der Waals surface area contributed by atoms with Gasteiger partial charge in [-0.05, 0) is 70.4 Å². The number of rotatable bonds is 10. The first-order chi connectivity index (χ1) is 18.3. The molecular weight excluding hydrogens is 490 g/mol. The average Bonchev–Trinajstić information content (AvgIpc) is 3.39. The summed E-state index contributed by atoms with van der Waals surface area (Å²) >= 11 is 0. The number of Topliss-reactive ketones (excluding diaryl/α,β-unsaturated/α-hetero) is 1. The van der Waals surface area contributed by atoms with Gasteiger partial charge in [0.25, 0.3) is 0 Å². The molecule has 2 heterocycles. The fraction of sp³-hybridized carbons (Fsp3) is 0.321. The minimum atomic E-state index is -0.825. The van der Waals surface area contributed by atoms with E-state index in [2.05, 4.69) is 14.8 Å². The molecule has 0 fully saturated rings. The molecule has 10 nitrogen and oxygen atoms in total. The Morgan fingerprint density at radius 1 is 1.13 bits per heavy atom. The average molecular weight is 522 g/mol. The normalized spacial score (nSPS) is 13.5. The number of benzene rings is 2. The second-order valence-corrected chi connectivity index (χ2v) is 8.96. The number of hydrogen-bond donors (Lipinski definition) is 1. The summed E-state index contributed by atoms with van der Waals surface area (Å²) in [4.78, 5) is 38.6. The number of fused-ring (bicyclic) bond motifs is 2. The van der Waals surface area contributed by atoms with Crippen molar-refractivity contribution < 1.29 is 33.3 Å². The third kappa shape index (κ3) is 6.15. The van der Waals surface area contributed by atoms with Crippen LogP contribution in [0.2, 0.25) is 0 Å². The van der Waals surface area contributed by atoms with E-state index in [1.165, 1.54) is 12.1 Å². The van der Waals surface area contributed by atoms with Gasteiger partial charge in [0.15, 0.2) is 5.76 Å². The number of ketones is 1. The SMILES string of the molecule is CCOC(=O)CNC(=O)Oc1ccc2c(c1)OC(=Cc1cn(CCCN(C)C)c3ccc(OC)cc13)C2=O. The minimum absolute atomic E-state index is 0.166. The number of ether oxygens (including phenoxy) is 4. The Kier molecular flexibility index (Phi) is 8.32. The maximum Gasteiger partial charge on any atom is 0.413 e. The molecule has 1 aliphatic heterocycles. The molecule has 0 unspecified atom stereocenters. The zero-order valence-electron chi connectivity index (χ0n) is 21.9. The molecule has 0 aliphatic carbocycles. The van der Waals surface area contributed by atoms with Gasteiger partial charge in [0.2, 0.25) is 5.78 Å². The lowest BCUT2D eigenvalue weighted by molar-refractivity contribution is -0.141. The maximum absolute atomic E-state index is 13.1. The van der Waals surface area contributed by atoms with Gasteiger partial charge in [0.1, 0.15) is 23.8 Å². The van der Waals surface area contributed by atoms with E-state index in [-0.39, 0.29) is 36.2 Å². The van der Waals surface area contributed by atoms with Gasteiger partial charge in [-0.15, -0.1) is 0 Å². The number of aryl methyl sites for hydroxylation is 1. The Morgan fingerprint density at radius 2 is 1.92 bits per heavy atom. The van der Waals surface area contributed by atoms with Crippen LogP contribution in [0.3, 0.4) is 0 Å². The van der Waals surface area contributed by atoms with Crippen LogP contribution in [-0.4, -0.2) is 68.2 Å². The summed E-state index contributed by atoms with van der Waals surface area (Å²) in [5.74, 6) is 0.492. The Balaban J connectivity index is 1.54. The Bertz CT molecular complexity index is 1390. The Morgan fingerprint density at radius 3 is 2.66 bits per heavy atom. The van der Waals surface area contributed by atoms with Crippen LogP contribution >= 0.6 is 0 Å². The van der Waals surface area contributed by atoms with Crippen LogP contribution < -0.4 is 19.5 Å². The summed E-state index contributed by atoms with van der Waals surface area (Å²) in [5.41, 5.74) is 2.22. The van der Waals surface area contributed by atoms with E-state index in [1.807, 2.05) is 38.5 Å². The first-order valence-corrected chi connectivity index (χ1v) is 12.3. The van der Waals surface area contributed by atoms with Gasteiger partial charge in [0.05, 0.1) is 19.3 Å². The summed E-state index contributed by atoms with van der Waals surface area (Å²) in [6.07, 6.45) is 3.87. The lowest BCUT2D eigenvalue weighted by Crippen LogP contribution is -2.32. The van der Waals surface area contributed by atoms with Crippen LogP contribution in [0.4, 0.5) is 4.79 Å². The molecular formula is C28H31N3O7. The molecule has 0 saturated carbocycles. The molecule has 4 rings (SSSR count). The number of amides is 1. The van der Waals surface area contributed by atoms with Crippen molar-refractivity contribution in [1.82, 2.24) is 14.8 Å². The number of carbonyl (C=O) groups excluding carboxylic acids is 3. The van der Waals surface area contributed by atoms with Gasteiger partial charge in [-0.25, -0.2) is 4.79 Å². The summed E-state index contributed by atoms with van der Waals surface area (Å²) in [6.45, 7) is 3.35. The summed E-state index contributed by atoms with van der Waals surface area (Å²) in [6, 6.07) is 10.4. The number of methoxy groups -OCH3 is 1. The fourth-order valence-electron chi connectivity index (χ4n) is 4.16. The molecule has 2 aromatic carbocycles. The number of nitrogens with zero attached hydrogens (tertiary/aromatic N) is 2. The molecule has 200 valence electrons. The topological polar surface area (TPSA) is 108 Å². The van der Waals surface area contributed by atoms with Gasteiger partial charge in [-0.1, -0.05) is 0 Å². The van der Waals surface area contributed by atoms with Crippen LogP contribution in [0.25, 0.3) is 17.0 Å². The molecule has 1 amide bonds. The minimum Gasteiger partial charge on any atom is -0.497 e. The summed E-state index contributed by atoms with van der Waals surface area (Å²) in [7, 11) is 5.70. The molecule has 3 aromatic rings. The van der Waals surface area contributed by atoms with Crippen LogP contribution in [0.5, 0.6) is 17.2 Å². The molecule has 0 saturated heterocycles. The number of aromatic nitrogens is 1.